The molecule has 4 nitrogen and oxygen atoms in total. The summed E-state index contributed by atoms with van der Waals surface area (Å²) in [4.78, 5) is 14.7. The normalized spacial score (nSPS) is 12.0. The molecule has 0 fully saturated rings. The number of rotatable bonds is 5. The maximum Gasteiger partial charge on any atom is 0.254 e. The maximum absolute atomic E-state index is 13.6. The Balaban J connectivity index is 1.62. The second-order valence-corrected chi connectivity index (χ2v) is 6.34. The van der Waals surface area contributed by atoms with Gasteiger partial charge in [0.15, 0.2) is 11.5 Å². The van der Waals surface area contributed by atoms with Crippen LogP contribution in [0.1, 0.15) is 21.5 Å². The van der Waals surface area contributed by atoms with Gasteiger partial charge in [-0.2, -0.15) is 0 Å². The molecular formula is C22H18FNO3. The lowest BCUT2D eigenvalue weighted by Crippen LogP contribution is -2.30. The quantitative estimate of drug-likeness (QED) is 0.675. The van der Waals surface area contributed by atoms with Gasteiger partial charge < -0.3 is 14.4 Å². The van der Waals surface area contributed by atoms with Crippen molar-refractivity contribution in [2.45, 2.75) is 13.1 Å². The van der Waals surface area contributed by atoms with Gasteiger partial charge in [0.25, 0.3) is 5.91 Å². The summed E-state index contributed by atoms with van der Waals surface area (Å²) in [5.41, 5.74) is 2.25. The van der Waals surface area contributed by atoms with Gasteiger partial charge in [-0.05, 0) is 41.5 Å². The molecule has 0 saturated carbocycles. The Hall–Kier alpha value is -3.34. The molecule has 5 heteroatoms. The van der Waals surface area contributed by atoms with E-state index < -0.39 is 5.82 Å². The molecule has 0 N–H and O–H groups in total. The largest absolute Gasteiger partial charge is 0.454 e. The zero-order valence-electron chi connectivity index (χ0n) is 14.6. The Morgan fingerprint density at radius 1 is 0.852 bits per heavy atom. The van der Waals surface area contributed by atoms with Gasteiger partial charge in [-0.3, -0.25) is 4.79 Å². The number of amides is 1. The number of fused-ring (bicyclic) bond motifs is 1. The third-order valence-corrected chi connectivity index (χ3v) is 4.39. The lowest BCUT2D eigenvalue weighted by molar-refractivity contribution is 0.0729. The summed E-state index contributed by atoms with van der Waals surface area (Å²) in [6.45, 7) is 1.00. The number of hydrogen-bond donors (Lipinski definition) is 0. The zero-order valence-corrected chi connectivity index (χ0v) is 14.6. The van der Waals surface area contributed by atoms with Crippen molar-refractivity contribution in [2.75, 3.05) is 6.79 Å². The van der Waals surface area contributed by atoms with Gasteiger partial charge in [0.05, 0.1) is 0 Å². The molecule has 1 aliphatic rings. The second kappa shape index (κ2) is 7.50. The topological polar surface area (TPSA) is 38.8 Å². The van der Waals surface area contributed by atoms with Crippen LogP contribution in [-0.4, -0.2) is 17.6 Å². The number of hydrogen-bond acceptors (Lipinski definition) is 3. The van der Waals surface area contributed by atoms with Gasteiger partial charge >= 0.3 is 0 Å². The lowest BCUT2D eigenvalue weighted by Gasteiger charge is -2.23. The molecule has 0 atom stereocenters. The van der Waals surface area contributed by atoms with Gasteiger partial charge in [-0.25, -0.2) is 4.39 Å². The second-order valence-electron chi connectivity index (χ2n) is 6.34. The molecule has 0 radical (unpaired) electrons. The Bertz CT molecular complexity index is 959. The third kappa shape index (κ3) is 3.92. The van der Waals surface area contributed by atoms with Crippen molar-refractivity contribution >= 4 is 5.91 Å². The third-order valence-electron chi connectivity index (χ3n) is 4.39. The molecule has 0 aliphatic carbocycles. The lowest BCUT2D eigenvalue weighted by atomic mass is 10.1. The van der Waals surface area contributed by atoms with Crippen LogP contribution in [0.2, 0.25) is 0 Å². The zero-order chi connectivity index (χ0) is 18.6. The monoisotopic (exact) mass is 363 g/mol. The smallest absolute Gasteiger partial charge is 0.254 e. The first-order chi connectivity index (χ1) is 13.2. The number of carbonyl (C=O) groups excluding carboxylic acids is 1. The molecule has 0 aromatic heterocycles. The van der Waals surface area contributed by atoms with Crippen molar-refractivity contribution in [3.05, 3.63) is 95.3 Å². The highest BCUT2D eigenvalue weighted by molar-refractivity contribution is 5.94. The average molecular weight is 363 g/mol. The number of nitrogens with zero attached hydrogens (tertiary/aromatic N) is 1. The highest BCUT2D eigenvalue weighted by Crippen LogP contribution is 2.33. The molecule has 0 unspecified atom stereocenters. The highest BCUT2D eigenvalue weighted by atomic mass is 19.1. The van der Waals surface area contributed by atoms with Crippen molar-refractivity contribution in [1.29, 1.82) is 0 Å². The van der Waals surface area contributed by atoms with Crippen molar-refractivity contribution in [3.63, 3.8) is 0 Å². The van der Waals surface area contributed by atoms with E-state index in [1.54, 1.807) is 17.0 Å². The fraction of sp³-hybridized carbons (Fsp3) is 0.136. The highest BCUT2D eigenvalue weighted by Gasteiger charge is 2.19. The first kappa shape index (κ1) is 17.1. The van der Waals surface area contributed by atoms with Gasteiger partial charge in [0.2, 0.25) is 6.79 Å². The molecule has 0 saturated heterocycles. The van der Waals surface area contributed by atoms with Crippen LogP contribution in [0.3, 0.4) is 0 Å². The molecule has 1 amide bonds. The predicted molar refractivity (Wildman–Crippen MR) is 99.0 cm³/mol. The van der Waals surface area contributed by atoms with E-state index in [0.717, 1.165) is 11.1 Å². The van der Waals surface area contributed by atoms with Crippen LogP contribution in [0.15, 0.2) is 72.8 Å². The fourth-order valence-electron chi connectivity index (χ4n) is 3.07. The SMILES string of the molecule is O=C(c1cccc(F)c1)N(Cc1ccccc1)Cc1ccc2c(c1)OCO2. The Morgan fingerprint density at radius 3 is 2.44 bits per heavy atom. The van der Waals surface area contributed by atoms with E-state index in [0.29, 0.717) is 30.2 Å². The van der Waals surface area contributed by atoms with E-state index in [1.165, 1.54) is 12.1 Å². The van der Waals surface area contributed by atoms with E-state index in [9.17, 15) is 9.18 Å². The summed E-state index contributed by atoms with van der Waals surface area (Å²) in [5, 5.41) is 0. The Labute approximate surface area is 156 Å². The summed E-state index contributed by atoms with van der Waals surface area (Å²) in [6.07, 6.45) is 0. The van der Waals surface area contributed by atoms with Crippen LogP contribution < -0.4 is 9.47 Å². The Kier molecular flexibility index (Phi) is 4.75. The van der Waals surface area contributed by atoms with Crippen molar-refractivity contribution < 1.29 is 18.7 Å². The van der Waals surface area contributed by atoms with Crippen LogP contribution in [0, 0.1) is 5.82 Å². The maximum atomic E-state index is 13.6. The summed E-state index contributed by atoms with van der Waals surface area (Å²) < 4.78 is 24.4. The molecule has 0 bridgehead atoms. The molecule has 3 aromatic carbocycles. The summed E-state index contributed by atoms with van der Waals surface area (Å²) in [7, 11) is 0. The summed E-state index contributed by atoms with van der Waals surface area (Å²) in [5.74, 6) is 0.717. The molecule has 1 heterocycles. The van der Waals surface area contributed by atoms with Gasteiger partial charge in [-0.1, -0.05) is 42.5 Å². The summed E-state index contributed by atoms with van der Waals surface area (Å²) in [6, 6.07) is 21.1. The first-order valence-electron chi connectivity index (χ1n) is 8.66. The fourth-order valence-corrected chi connectivity index (χ4v) is 3.07. The van der Waals surface area contributed by atoms with E-state index in [4.69, 9.17) is 9.47 Å². The Morgan fingerprint density at radius 2 is 1.63 bits per heavy atom. The number of benzene rings is 3. The van der Waals surface area contributed by atoms with Crippen LogP contribution in [0.25, 0.3) is 0 Å². The molecule has 4 rings (SSSR count). The molecule has 3 aromatic rings. The van der Waals surface area contributed by atoms with Crippen molar-refractivity contribution in [3.8, 4) is 11.5 Å². The average Bonchev–Trinajstić information content (AvgIpc) is 3.15. The molecule has 136 valence electrons. The minimum atomic E-state index is -0.427. The van der Waals surface area contributed by atoms with E-state index in [1.807, 2.05) is 48.5 Å². The summed E-state index contributed by atoms with van der Waals surface area (Å²) >= 11 is 0. The molecule has 27 heavy (non-hydrogen) atoms. The molecular weight excluding hydrogens is 345 g/mol. The minimum absolute atomic E-state index is 0.203. The number of carbonyl (C=O) groups is 1. The van der Waals surface area contributed by atoms with E-state index >= 15 is 0 Å². The van der Waals surface area contributed by atoms with E-state index in [2.05, 4.69) is 0 Å². The van der Waals surface area contributed by atoms with Crippen molar-refractivity contribution in [2.24, 2.45) is 0 Å². The van der Waals surface area contributed by atoms with Gasteiger partial charge in [0, 0.05) is 18.7 Å². The van der Waals surface area contributed by atoms with Crippen LogP contribution >= 0.6 is 0 Å². The number of ether oxygens (including phenoxy) is 2. The van der Waals surface area contributed by atoms with Crippen molar-refractivity contribution in [1.82, 2.24) is 4.90 Å². The van der Waals surface area contributed by atoms with Crippen LogP contribution in [-0.2, 0) is 13.1 Å². The van der Waals surface area contributed by atoms with Gasteiger partial charge in [-0.15, -0.1) is 0 Å². The first-order valence-corrected chi connectivity index (χ1v) is 8.66. The van der Waals surface area contributed by atoms with Crippen LogP contribution in [0.5, 0.6) is 11.5 Å². The predicted octanol–water partition coefficient (Wildman–Crippen LogP) is 4.40. The standard InChI is InChI=1S/C22H18FNO3/c23-19-8-4-7-18(12-19)22(25)24(13-16-5-2-1-3-6-16)14-17-9-10-20-21(11-17)27-15-26-20/h1-12H,13-15H2. The minimum Gasteiger partial charge on any atom is -0.454 e. The number of halogens is 1. The van der Waals surface area contributed by atoms with Gasteiger partial charge in [0.1, 0.15) is 5.82 Å². The molecule has 0 spiro atoms. The van der Waals surface area contributed by atoms with Crippen LogP contribution in [0.4, 0.5) is 4.39 Å². The molecule has 1 aliphatic heterocycles. The van der Waals surface area contributed by atoms with E-state index in [-0.39, 0.29) is 12.7 Å².